The molecule has 2 aromatic heterocycles. The van der Waals surface area contributed by atoms with Gasteiger partial charge in [0.1, 0.15) is 5.65 Å². The zero-order chi connectivity index (χ0) is 15.9. The highest BCUT2D eigenvalue weighted by Crippen LogP contribution is 2.28. The van der Waals surface area contributed by atoms with Gasteiger partial charge in [0.15, 0.2) is 10.2 Å². The summed E-state index contributed by atoms with van der Waals surface area (Å²) < 4.78 is 28.5. The third-order valence-corrected chi connectivity index (χ3v) is 6.08. The highest BCUT2D eigenvalue weighted by atomic mass is 35.5. The number of primary amides is 1. The third-order valence-electron chi connectivity index (χ3n) is 3.82. The molecule has 3 rings (SSSR count). The van der Waals surface area contributed by atoms with Crippen molar-refractivity contribution in [2.24, 2.45) is 11.7 Å². The summed E-state index contributed by atoms with van der Waals surface area (Å²) in [4.78, 5) is 15.4. The molecule has 0 aliphatic carbocycles. The lowest BCUT2D eigenvalue weighted by Crippen LogP contribution is -2.44. The van der Waals surface area contributed by atoms with E-state index in [9.17, 15) is 13.2 Å². The monoisotopic (exact) mass is 342 g/mol. The number of hydrogen-bond acceptors (Lipinski definition) is 4. The van der Waals surface area contributed by atoms with Gasteiger partial charge in [0, 0.05) is 19.3 Å². The van der Waals surface area contributed by atoms with Crippen molar-refractivity contribution in [2.75, 3.05) is 13.1 Å². The van der Waals surface area contributed by atoms with Crippen LogP contribution in [0.25, 0.3) is 5.65 Å². The number of hydrogen-bond donors (Lipinski definition) is 1. The first-order chi connectivity index (χ1) is 10.4. The SMILES string of the molecule is NC(=O)C1CCCN(S(=O)(=O)c2c(Cl)nc3ccccn23)C1. The molecule has 3 heterocycles. The Morgan fingerprint density at radius 1 is 1.41 bits per heavy atom. The standard InChI is InChI=1S/C13H15ClN4O3S/c14-11-13(18-7-2-1-5-10(18)16-11)22(20,21)17-6-3-4-9(8-17)12(15)19/h1-2,5,7,9H,3-4,6,8H2,(H2,15,19). The van der Waals surface area contributed by atoms with Crippen molar-refractivity contribution >= 4 is 33.2 Å². The Kier molecular flexibility index (Phi) is 3.84. The van der Waals surface area contributed by atoms with E-state index < -0.39 is 21.8 Å². The van der Waals surface area contributed by atoms with E-state index in [1.807, 2.05) is 0 Å². The second-order valence-electron chi connectivity index (χ2n) is 5.24. The van der Waals surface area contributed by atoms with Gasteiger partial charge >= 0.3 is 0 Å². The number of amides is 1. The summed E-state index contributed by atoms with van der Waals surface area (Å²) in [6, 6.07) is 5.12. The van der Waals surface area contributed by atoms with Crippen molar-refractivity contribution in [3.63, 3.8) is 0 Å². The van der Waals surface area contributed by atoms with Crippen LogP contribution in [-0.4, -0.2) is 41.1 Å². The van der Waals surface area contributed by atoms with E-state index in [0.717, 1.165) is 0 Å². The van der Waals surface area contributed by atoms with Gasteiger partial charge in [-0.1, -0.05) is 17.7 Å². The van der Waals surface area contributed by atoms with Crippen molar-refractivity contribution in [3.05, 3.63) is 29.5 Å². The fourth-order valence-corrected chi connectivity index (χ4v) is 4.81. The number of pyridine rings is 1. The lowest BCUT2D eigenvalue weighted by Gasteiger charge is -2.30. The first kappa shape index (κ1) is 15.3. The molecule has 2 N–H and O–H groups in total. The summed E-state index contributed by atoms with van der Waals surface area (Å²) in [6.45, 7) is 0.413. The van der Waals surface area contributed by atoms with Crippen molar-refractivity contribution in [1.82, 2.24) is 13.7 Å². The van der Waals surface area contributed by atoms with E-state index in [2.05, 4.69) is 4.98 Å². The fourth-order valence-electron chi connectivity index (χ4n) is 2.69. The van der Waals surface area contributed by atoms with Crippen LogP contribution in [0.1, 0.15) is 12.8 Å². The topological polar surface area (TPSA) is 97.8 Å². The maximum atomic E-state index is 12.9. The largest absolute Gasteiger partial charge is 0.369 e. The van der Waals surface area contributed by atoms with Gasteiger partial charge in [-0.15, -0.1) is 0 Å². The number of fused-ring (bicyclic) bond motifs is 1. The molecule has 9 heteroatoms. The molecule has 1 aliphatic heterocycles. The van der Waals surface area contributed by atoms with Gasteiger partial charge < -0.3 is 5.73 Å². The van der Waals surface area contributed by atoms with E-state index >= 15 is 0 Å². The average molecular weight is 343 g/mol. The first-order valence-electron chi connectivity index (χ1n) is 6.83. The molecule has 0 saturated carbocycles. The number of halogens is 1. The molecule has 22 heavy (non-hydrogen) atoms. The molecule has 2 aromatic rings. The molecule has 0 spiro atoms. The summed E-state index contributed by atoms with van der Waals surface area (Å²) >= 11 is 6.04. The summed E-state index contributed by atoms with van der Waals surface area (Å²) in [7, 11) is -3.85. The van der Waals surface area contributed by atoms with E-state index in [1.165, 1.54) is 8.71 Å². The molecule has 0 radical (unpaired) electrons. The van der Waals surface area contributed by atoms with Crippen molar-refractivity contribution < 1.29 is 13.2 Å². The molecule has 7 nitrogen and oxygen atoms in total. The normalized spacial score (nSPS) is 20.3. The van der Waals surface area contributed by atoms with Crippen LogP contribution in [0.2, 0.25) is 5.15 Å². The fraction of sp³-hybridized carbons (Fsp3) is 0.385. The molecule has 1 unspecified atom stereocenters. The van der Waals surface area contributed by atoms with Gasteiger partial charge in [-0.05, 0) is 25.0 Å². The van der Waals surface area contributed by atoms with E-state index in [4.69, 9.17) is 17.3 Å². The number of sulfonamides is 1. The summed E-state index contributed by atoms with van der Waals surface area (Å²) in [5.74, 6) is -0.953. The number of carbonyl (C=O) groups excluding carboxylic acids is 1. The van der Waals surface area contributed by atoms with Gasteiger partial charge in [0.05, 0.1) is 5.92 Å². The molecule has 1 aliphatic rings. The average Bonchev–Trinajstić information content (AvgIpc) is 2.83. The minimum atomic E-state index is -3.85. The zero-order valence-electron chi connectivity index (χ0n) is 11.6. The number of piperidine rings is 1. The Morgan fingerprint density at radius 2 is 2.18 bits per heavy atom. The first-order valence-corrected chi connectivity index (χ1v) is 8.65. The lowest BCUT2D eigenvalue weighted by molar-refractivity contribution is -0.122. The van der Waals surface area contributed by atoms with Crippen molar-refractivity contribution in [2.45, 2.75) is 17.9 Å². The summed E-state index contributed by atoms with van der Waals surface area (Å²) in [6.07, 6.45) is 2.78. The number of imidazole rings is 1. The van der Waals surface area contributed by atoms with Gasteiger partial charge in [0.2, 0.25) is 5.91 Å². The zero-order valence-corrected chi connectivity index (χ0v) is 13.2. The van der Waals surface area contributed by atoms with Gasteiger partial charge in [0.25, 0.3) is 10.0 Å². The molecular weight excluding hydrogens is 328 g/mol. The van der Waals surface area contributed by atoms with Crippen LogP contribution >= 0.6 is 11.6 Å². The molecular formula is C13H15ClN4O3S. The number of aromatic nitrogens is 2. The molecule has 118 valence electrons. The van der Waals surface area contributed by atoms with Crippen LogP contribution in [0.5, 0.6) is 0 Å². The number of carbonyl (C=O) groups is 1. The summed E-state index contributed by atoms with van der Waals surface area (Å²) in [5.41, 5.74) is 5.76. The maximum Gasteiger partial charge on any atom is 0.262 e. The Bertz CT molecular complexity index is 833. The molecule has 0 bridgehead atoms. The Balaban J connectivity index is 2.05. The van der Waals surface area contributed by atoms with E-state index in [0.29, 0.717) is 25.0 Å². The molecule has 1 atom stereocenters. The highest BCUT2D eigenvalue weighted by Gasteiger charge is 2.35. The van der Waals surface area contributed by atoms with Crippen LogP contribution in [0, 0.1) is 5.92 Å². The number of rotatable bonds is 3. The molecule has 1 saturated heterocycles. The van der Waals surface area contributed by atoms with Crippen molar-refractivity contribution in [1.29, 1.82) is 0 Å². The van der Waals surface area contributed by atoms with E-state index in [-0.39, 0.29) is 16.7 Å². The highest BCUT2D eigenvalue weighted by molar-refractivity contribution is 7.89. The van der Waals surface area contributed by atoms with Crippen LogP contribution in [0.3, 0.4) is 0 Å². The molecule has 1 fully saturated rings. The second kappa shape index (κ2) is 5.53. The van der Waals surface area contributed by atoms with Crippen LogP contribution in [-0.2, 0) is 14.8 Å². The number of nitrogens with two attached hydrogens (primary N) is 1. The van der Waals surface area contributed by atoms with Gasteiger partial charge in [-0.3, -0.25) is 9.20 Å². The van der Waals surface area contributed by atoms with Crippen LogP contribution < -0.4 is 5.73 Å². The van der Waals surface area contributed by atoms with Crippen LogP contribution in [0.4, 0.5) is 0 Å². The van der Waals surface area contributed by atoms with Gasteiger partial charge in [-0.2, -0.15) is 4.31 Å². The minimum Gasteiger partial charge on any atom is -0.369 e. The summed E-state index contributed by atoms with van der Waals surface area (Å²) in [5, 5.41) is -0.151. The minimum absolute atomic E-state index is 0.0742. The maximum absolute atomic E-state index is 12.9. The Hall–Kier alpha value is -1.64. The molecule has 0 aromatic carbocycles. The number of nitrogens with zero attached hydrogens (tertiary/aromatic N) is 3. The predicted octanol–water partition coefficient (Wildman–Crippen LogP) is 0.874. The third kappa shape index (κ3) is 2.47. The van der Waals surface area contributed by atoms with E-state index in [1.54, 1.807) is 24.4 Å². The quantitative estimate of drug-likeness (QED) is 0.895. The second-order valence-corrected chi connectivity index (χ2v) is 7.45. The van der Waals surface area contributed by atoms with Gasteiger partial charge in [-0.25, -0.2) is 13.4 Å². The smallest absolute Gasteiger partial charge is 0.262 e. The van der Waals surface area contributed by atoms with Crippen LogP contribution in [0.15, 0.2) is 29.4 Å². The lowest BCUT2D eigenvalue weighted by atomic mass is 9.99. The molecule has 1 amide bonds. The predicted molar refractivity (Wildman–Crippen MR) is 80.9 cm³/mol. The Morgan fingerprint density at radius 3 is 2.91 bits per heavy atom. The van der Waals surface area contributed by atoms with Crippen molar-refractivity contribution in [3.8, 4) is 0 Å². The Labute approximate surface area is 132 Å².